The zero-order chi connectivity index (χ0) is 19.7. The van der Waals surface area contributed by atoms with E-state index in [9.17, 15) is 13.6 Å². The first kappa shape index (κ1) is 17.9. The lowest BCUT2D eigenvalue weighted by Crippen LogP contribution is -1.98. The van der Waals surface area contributed by atoms with Crippen molar-refractivity contribution in [3.05, 3.63) is 100 Å². The van der Waals surface area contributed by atoms with Crippen molar-refractivity contribution in [2.24, 2.45) is 0 Å². The second-order valence-electron chi connectivity index (χ2n) is 6.44. The number of halogens is 2. The van der Waals surface area contributed by atoms with Gasteiger partial charge in [0.05, 0.1) is 5.56 Å². The normalized spacial score (nSPS) is 14.1. The second kappa shape index (κ2) is 7.27. The van der Waals surface area contributed by atoms with E-state index in [1.807, 2.05) is 0 Å². The molecule has 140 valence electrons. The summed E-state index contributed by atoms with van der Waals surface area (Å²) in [7, 11) is 0. The quantitative estimate of drug-likeness (QED) is 0.565. The molecule has 0 saturated carbocycles. The van der Waals surface area contributed by atoms with Crippen molar-refractivity contribution in [1.29, 1.82) is 0 Å². The summed E-state index contributed by atoms with van der Waals surface area (Å²) in [6.45, 7) is 2.05. The summed E-state index contributed by atoms with van der Waals surface area (Å²) in [6.07, 6.45) is 1.40. The van der Waals surface area contributed by atoms with Gasteiger partial charge in [-0.1, -0.05) is 30.3 Å². The smallest absolute Gasteiger partial charge is 0.231 e. The molecule has 0 unspecified atom stereocenters. The van der Waals surface area contributed by atoms with E-state index in [0.29, 0.717) is 22.6 Å². The van der Waals surface area contributed by atoms with Crippen LogP contribution in [0, 0.1) is 18.6 Å². The Hall–Kier alpha value is -3.47. The molecule has 0 spiro atoms. The monoisotopic (exact) mass is 378 g/mol. The first-order valence-corrected chi connectivity index (χ1v) is 8.72. The Morgan fingerprint density at radius 1 is 1.00 bits per heavy atom. The summed E-state index contributed by atoms with van der Waals surface area (Å²) < 4.78 is 38.4. The molecule has 3 aromatic rings. The third-order valence-corrected chi connectivity index (χ3v) is 4.54. The van der Waals surface area contributed by atoms with Crippen molar-refractivity contribution in [2.45, 2.75) is 13.5 Å². The van der Waals surface area contributed by atoms with Crippen molar-refractivity contribution in [1.82, 2.24) is 0 Å². The number of allylic oxidation sites excluding steroid dienone is 1. The number of hydrogen-bond acceptors (Lipinski definition) is 3. The van der Waals surface area contributed by atoms with Gasteiger partial charge in [-0.05, 0) is 48.9 Å². The molecule has 0 aliphatic carbocycles. The van der Waals surface area contributed by atoms with Crippen LogP contribution in [0.5, 0.6) is 11.5 Å². The number of rotatable bonds is 4. The van der Waals surface area contributed by atoms with Gasteiger partial charge in [-0.25, -0.2) is 8.78 Å². The summed E-state index contributed by atoms with van der Waals surface area (Å²) in [6, 6.07) is 15.5. The number of Topliss-reactive ketones (excluding diaryl/α,β-unsaturated/α-hetero) is 1. The van der Waals surface area contributed by atoms with Crippen LogP contribution >= 0.6 is 0 Å². The van der Waals surface area contributed by atoms with E-state index < -0.39 is 5.82 Å². The molecule has 3 nitrogen and oxygen atoms in total. The van der Waals surface area contributed by atoms with Crippen molar-refractivity contribution in [3.63, 3.8) is 0 Å². The molecule has 1 heterocycles. The Bertz CT molecular complexity index is 1090. The minimum absolute atomic E-state index is 0.0684. The highest BCUT2D eigenvalue weighted by molar-refractivity contribution is 6.14. The minimum atomic E-state index is -0.428. The van der Waals surface area contributed by atoms with E-state index >= 15 is 0 Å². The highest BCUT2D eigenvalue weighted by atomic mass is 19.1. The average molecular weight is 378 g/mol. The molecule has 5 heteroatoms. The van der Waals surface area contributed by atoms with Gasteiger partial charge >= 0.3 is 0 Å². The molecule has 28 heavy (non-hydrogen) atoms. The zero-order valence-corrected chi connectivity index (χ0v) is 15.0. The van der Waals surface area contributed by atoms with Gasteiger partial charge in [-0.15, -0.1) is 0 Å². The molecule has 0 radical (unpaired) electrons. The molecular weight excluding hydrogens is 362 g/mol. The van der Waals surface area contributed by atoms with Crippen LogP contribution in [0.2, 0.25) is 0 Å². The maximum absolute atomic E-state index is 13.9. The predicted octanol–water partition coefficient (Wildman–Crippen LogP) is 5.47. The first-order chi connectivity index (χ1) is 13.5. The highest BCUT2D eigenvalue weighted by Gasteiger charge is 2.30. The molecular formula is C23H16F2O3. The standard InChI is InChI=1S/C23H16F2O3/c1-14-20(27-13-15-6-8-17(24)9-7-15)11-10-18-22(26)21(28-23(14)18)12-16-4-2-3-5-19(16)25/h2-12H,13H2,1H3/b21-12-. The summed E-state index contributed by atoms with van der Waals surface area (Å²) >= 11 is 0. The minimum Gasteiger partial charge on any atom is -0.488 e. The molecule has 1 aliphatic heterocycles. The fourth-order valence-corrected chi connectivity index (χ4v) is 3.00. The second-order valence-corrected chi connectivity index (χ2v) is 6.44. The number of benzene rings is 3. The van der Waals surface area contributed by atoms with E-state index in [1.54, 1.807) is 49.4 Å². The fourth-order valence-electron chi connectivity index (χ4n) is 3.00. The molecule has 0 fully saturated rings. The van der Waals surface area contributed by atoms with Crippen LogP contribution < -0.4 is 9.47 Å². The maximum atomic E-state index is 13.9. The lowest BCUT2D eigenvalue weighted by atomic mass is 10.1. The van der Waals surface area contributed by atoms with Gasteiger partial charge in [-0.2, -0.15) is 0 Å². The number of carbonyl (C=O) groups excluding carboxylic acids is 1. The van der Waals surface area contributed by atoms with Crippen molar-refractivity contribution < 1.29 is 23.0 Å². The predicted molar refractivity (Wildman–Crippen MR) is 101 cm³/mol. The number of fused-ring (bicyclic) bond motifs is 1. The Balaban J connectivity index is 1.58. The van der Waals surface area contributed by atoms with Gasteiger partial charge in [0, 0.05) is 11.1 Å². The maximum Gasteiger partial charge on any atom is 0.231 e. The van der Waals surface area contributed by atoms with E-state index in [-0.39, 0.29) is 29.5 Å². The summed E-state index contributed by atoms with van der Waals surface area (Å²) in [4.78, 5) is 12.6. The third-order valence-electron chi connectivity index (χ3n) is 4.54. The molecule has 0 amide bonds. The van der Waals surface area contributed by atoms with Crippen LogP contribution in [0.1, 0.15) is 27.0 Å². The molecule has 4 rings (SSSR count). The van der Waals surface area contributed by atoms with Gasteiger partial charge in [0.1, 0.15) is 29.7 Å². The molecule has 0 saturated heterocycles. The van der Waals surface area contributed by atoms with E-state index in [2.05, 4.69) is 0 Å². The molecule has 0 aromatic heterocycles. The first-order valence-electron chi connectivity index (χ1n) is 8.72. The summed E-state index contributed by atoms with van der Waals surface area (Å²) in [5.74, 6) is -0.00141. The number of hydrogen-bond donors (Lipinski definition) is 0. The lowest BCUT2D eigenvalue weighted by molar-refractivity contribution is 0.101. The van der Waals surface area contributed by atoms with Crippen molar-refractivity contribution in [2.75, 3.05) is 0 Å². The van der Waals surface area contributed by atoms with Gasteiger partial charge in [-0.3, -0.25) is 4.79 Å². The fraction of sp³-hybridized carbons (Fsp3) is 0.0870. The summed E-state index contributed by atoms with van der Waals surface area (Å²) in [5.41, 5.74) is 2.18. The van der Waals surface area contributed by atoms with Crippen LogP contribution in [0.25, 0.3) is 6.08 Å². The van der Waals surface area contributed by atoms with Crippen LogP contribution in [0.15, 0.2) is 66.4 Å². The van der Waals surface area contributed by atoms with Gasteiger partial charge in [0.15, 0.2) is 5.76 Å². The lowest BCUT2D eigenvalue weighted by Gasteiger charge is -2.11. The Morgan fingerprint density at radius 2 is 1.75 bits per heavy atom. The average Bonchev–Trinajstić information content (AvgIpc) is 3.01. The van der Waals surface area contributed by atoms with Gasteiger partial charge in [0.2, 0.25) is 5.78 Å². The van der Waals surface area contributed by atoms with Crippen molar-refractivity contribution in [3.8, 4) is 11.5 Å². The van der Waals surface area contributed by atoms with Gasteiger partial charge in [0.25, 0.3) is 0 Å². The Labute approximate surface area is 160 Å². The molecule has 1 aliphatic rings. The molecule has 3 aromatic carbocycles. The number of carbonyl (C=O) groups is 1. The van der Waals surface area contributed by atoms with Crippen molar-refractivity contribution >= 4 is 11.9 Å². The van der Waals surface area contributed by atoms with Crippen LogP contribution in [-0.4, -0.2) is 5.78 Å². The molecule has 0 atom stereocenters. The zero-order valence-electron chi connectivity index (χ0n) is 15.0. The van der Waals surface area contributed by atoms with Crippen LogP contribution in [0.4, 0.5) is 8.78 Å². The van der Waals surface area contributed by atoms with Gasteiger partial charge < -0.3 is 9.47 Å². The third kappa shape index (κ3) is 3.39. The van der Waals surface area contributed by atoms with E-state index in [0.717, 1.165) is 5.56 Å². The van der Waals surface area contributed by atoms with E-state index in [4.69, 9.17) is 9.47 Å². The van der Waals surface area contributed by atoms with Crippen LogP contribution in [-0.2, 0) is 6.61 Å². The SMILES string of the molecule is Cc1c(OCc2ccc(F)cc2)ccc2c1O/C(=C\c1ccccc1F)C2=O. The number of ketones is 1. The Kier molecular flexibility index (Phi) is 4.65. The highest BCUT2D eigenvalue weighted by Crippen LogP contribution is 2.39. The van der Waals surface area contributed by atoms with E-state index in [1.165, 1.54) is 24.3 Å². The molecule has 0 bridgehead atoms. The Morgan fingerprint density at radius 3 is 2.50 bits per heavy atom. The van der Waals surface area contributed by atoms with Crippen LogP contribution in [0.3, 0.4) is 0 Å². The number of ether oxygens (including phenoxy) is 2. The molecule has 0 N–H and O–H groups in total. The summed E-state index contributed by atoms with van der Waals surface area (Å²) in [5, 5.41) is 0. The topological polar surface area (TPSA) is 35.5 Å². The largest absolute Gasteiger partial charge is 0.488 e.